The van der Waals surface area contributed by atoms with Crippen LogP contribution in [0.5, 0.6) is 5.75 Å². The molecule has 2 aromatic rings. The van der Waals surface area contributed by atoms with Crippen molar-refractivity contribution >= 4 is 0 Å². The van der Waals surface area contributed by atoms with E-state index in [0.717, 1.165) is 48.0 Å². The summed E-state index contributed by atoms with van der Waals surface area (Å²) in [5.41, 5.74) is 3.05. The number of morpholine rings is 1. The maximum Gasteiger partial charge on any atom is 0.226 e. The van der Waals surface area contributed by atoms with Gasteiger partial charge in [0.15, 0.2) is 0 Å². The zero-order valence-electron chi connectivity index (χ0n) is 15.1. The SMILES string of the molecule is COc1ccc(-c2nc(CN3C[C@@H](C)O[C@@H](C)C3)c(C)o2)cc1C. The largest absolute Gasteiger partial charge is 0.496 e. The van der Waals surface area contributed by atoms with Gasteiger partial charge in [-0.3, -0.25) is 4.90 Å². The second-order valence-electron chi connectivity index (χ2n) is 6.66. The molecule has 0 N–H and O–H groups in total. The molecule has 1 aromatic heterocycles. The number of benzene rings is 1. The average molecular weight is 330 g/mol. The summed E-state index contributed by atoms with van der Waals surface area (Å²) in [5, 5.41) is 0. The van der Waals surface area contributed by atoms with Crippen LogP contribution in [-0.2, 0) is 11.3 Å². The molecule has 1 aliphatic heterocycles. The number of aromatic nitrogens is 1. The maximum absolute atomic E-state index is 5.91. The van der Waals surface area contributed by atoms with Gasteiger partial charge >= 0.3 is 0 Å². The van der Waals surface area contributed by atoms with Crippen LogP contribution in [0.4, 0.5) is 0 Å². The number of hydrogen-bond donors (Lipinski definition) is 0. The van der Waals surface area contributed by atoms with Gasteiger partial charge in [0, 0.05) is 25.2 Å². The summed E-state index contributed by atoms with van der Waals surface area (Å²) in [4.78, 5) is 7.11. The Labute approximate surface area is 143 Å². The summed E-state index contributed by atoms with van der Waals surface area (Å²) in [5.74, 6) is 2.42. The molecule has 5 nitrogen and oxygen atoms in total. The standard InChI is InChI=1S/C19H26N2O3/c1-12-8-16(6-7-18(12)22-5)19-20-17(15(4)24-19)11-21-9-13(2)23-14(3)10-21/h6-8,13-14H,9-11H2,1-5H3/t13-,14+. The molecule has 1 aliphatic rings. The van der Waals surface area contributed by atoms with E-state index in [9.17, 15) is 0 Å². The quantitative estimate of drug-likeness (QED) is 0.857. The van der Waals surface area contributed by atoms with E-state index in [1.807, 2.05) is 32.0 Å². The molecule has 1 fully saturated rings. The number of nitrogens with zero attached hydrogens (tertiary/aromatic N) is 2. The van der Waals surface area contributed by atoms with Crippen LogP contribution in [-0.4, -0.2) is 42.3 Å². The Morgan fingerprint density at radius 1 is 1.21 bits per heavy atom. The molecule has 0 radical (unpaired) electrons. The van der Waals surface area contributed by atoms with Crippen molar-refractivity contribution in [2.75, 3.05) is 20.2 Å². The van der Waals surface area contributed by atoms with Crippen LogP contribution in [0.2, 0.25) is 0 Å². The lowest BCUT2D eigenvalue weighted by Crippen LogP contribution is -2.44. The Morgan fingerprint density at radius 3 is 2.54 bits per heavy atom. The van der Waals surface area contributed by atoms with Gasteiger partial charge in [-0.05, 0) is 51.5 Å². The molecule has 0 aliphatic carbocycles. The summed E-state index contributed by atoms with van der Waals surface area (Å²) >= 11 is 0. The summed E-state index contributed by atoms with van der Waals surface area (Å²) in [6, 6.07) is 5.99. The highest BCUT2D eigenvalue weighted by Gasteiger charge is 2.24. The Kier molecular flexibility index (Phi) is 4.92. The minimum absolute atomic E-state index is 0.254. The summed E-state index contributed by atoms with van der Waals surface area (Å²) in [6.45, 7) is 10.9. The molecule has 24 heavy (non-hydrogen) atoms. The second-order valence-corrected chi connectivity index (χ2v) is 6.66. The van der Waals surface area contributed by atoms with Gasteiger partial charge in [0.25, 0.3) is 0 Å². The molecular formula is C19H26N2O3. The molecule has 130 valence electrons. The first-order chi connectivity index (χ1) is 11.5. The first-order valence-electron chi connectivity index (χ1n) is 8.45. The molecule has 0 saturated carbocycles. The van der Waals surface area contributed by atoms with E-state index >= 15 is 0 Å². The number of ether oxygens (including phenoxy) is 2. The number of methoxy groups -OCH3 is 1. The van der Waals surface area contributed by atoms with Gasteiger partial charge in [0.1, 0.15) is 11.5 Å². The van der Waals surface area contributed by atoms with Crippen LogP contribution < -0.4 is 4.74 Å². The molecule has 1 aromatic carbocycles. The summed E-state index contributed by atoms with van der Waals surface area (Å²) < 4.78 is 17.0. The fourth-order valence-electron chi connectivity index (χ4n) is 3.33. The Hall–Kier alpha value is -1.85. The lowest BCUT2D eigenvalue weighted by atomic mass is 10.1. The van der Waals surface area contributed by atoms with E-state index in [4.69, 9.17) is 18.9 Å². The first kappa shape index (κ1) is 17.0. The van der Waals surface area contributed by atoms with Crippen LogP contribution in [0.3, 0.4) is 0 Å². The fourth-order valence-corrected chi connectivity index (χ4v) is 3.33. The van der Waals surface area contributed by atoms with Crippen LogP contribution in [0.25, 0.3) is 11.5 Å². The van der Waals surface area contributed by atoms with Crippen molar-refractivity contribution in [2.24, 2.45) is 0 Å². The van der Waals surface area contributed by atoms with Crippen molar-refractivity contribution < 1.29 is 13.9 Å². The summed E-state index contributed by atoms with van der Waals surface area (Å²) in [6.07, 6.45) is 0.509. The third-order valence-corrected chi connectivity index (χ3v) is 4.40. The Balaban J connectivity index is 1.79. The van der Waals surface area contributed by atoms with Gasteiger partial charge in [-0.1, -0.05) is 0 Å². The lowest BCUT2D eigenvalue weighted by Gasteiger charge is -2.34. The highest BCUT2D eigenvalue weighted by molar-refractivity contribution is 5.57. The van der Waals surface area contributed by atoms with Gasteiger partial charge < -0.3 is 13.9 Å². The third-order valence-electron chi connectivity index (χ3n) is 4.40. The zero-order valence-corrected chi connectivity index (χ0v) is 15.1. The molecule has 0 amide bonds. The maximum atomic E-state index is 5.91. The van der Waals surface area contributed by atoms with E-state index in [-0.39, 0.29) is 12.2 Å². The first-order valence-corrected chi connectivity index (χ1v) is 8.45. The highest BCUT2D eigenvalue weighted by Crippen LogP contribution is 2.27. The molecule has 5 heteroatoms. The molecule has 0 spiro atoms. The van der Waals surface area contributed by atoms with Gasteiger partial charge in [-0.15, -0.1) is 0 Å². The van der Waals surface area contributed by atoms with E-state index < -0.39 is 0 Å². The molecule has 2 atom stereocenters. The van der Waals surface area contributed by atoms with Crippen molar-refractivity contribution in [1.29, 1.82) is 0 Å². The highest BCUT2D eigenvalue weighted by atomic mass is 16.5. The monoisotopic (exact) mass is 330 g/mol. The normalized spacial score (nSPS) is 21.9. The van der Waals surface area contributed by atoms with E-state index in [2.05, 4.69) is 18.7 Å². The van der Waals surface area contributed by atoms with Gasteiger partial charge in [-0.2, -0.15) is 0 Å². The molecule has 0 unspecified atom stereocenters. The summed E-state index contributed by atoms with van der Waals surface area (Å²) in [7, 11) is 1.68. The van der Waals surface area contributed by atoms with E-state index in [0.29, 0.717) is 5.89 Å². The predicted molar refractivity (Wildman–Crippen MR) is 93.3 cm³/mol. The van der Waals surface area contributed by atoms with Crippen LogP contribution in [0, 0.1) is 13.8 Å². The number of oxazole rings is 1. The topological polar surface area (TPSA) is 47.7 Å². The fraction of sp³-hybridized carbons (Fsp3) is 0.526. The second kappa shape index (κ2) is 6.95. The zero-order chi connectivity index (χ0) is 17.3. The Bertz CT molecular complexity index is 701. The van der Waals surface area contributed by atoms with Crippen molar-refractivity contribution in [3.63, 3.8) is 0 Å². The van der Waals surface area contributed by atoms with E-state index in [1.54, 1.807) is 7.11 Å². The smallest absolute Gasteiger partial charge is 0.226 e. The molecule has 1 saturated heterocycles. The number of rotatable bonds is 4. The van der Waals surface area contributed by atoms with Crippen molar-refractivity contribution in [2.45, 2.75) is 46.4 Å². The molecule has 2 heterocycles. The van der Waals surface area contributed by atoms with Crippen LogP contribution in [0.1, 0.15) is 30.9 Å². The average Bonchev–Trinajstić information content (AvgIpc) is 2.87. The number of aryl methyl sites for hydroxylation is 2. The van der Waals surface area contributed by atoms with Crippen molar-refractivity contribution in [1.82, 2.24) is 9.88 Å². The van der Waals surface area contributed by atoms with Gasteiger partial charge in [0.05, 0.1) is 25.0 Å². The molecular weight excluding hydrogens is 304 g/mol. The van der Waals surface area contributed by atoms with Gasteiger partial charge in [-0.25, -0.2) is 4.98 Å². The van der Waals surface area contributed by atoms with Gasteiger partial charge in [0.2, 0.25) is 5.89 Å². The minimum atomic E-state index is 0.254. The Morgan fingerprint density at radius 2 is 1.92 bits per heavy atom. The van der Waals surface area contributed by atoms with Crippen LogP contribution >= 0.6 is 0 Å². The minimum Gasteiger partial charge on any atom is -0.496 e. The lowest BCUT2D eigenvalue weighted by molar-refractivity contribution is -0.0708. The number of hydrogen-bond acceptors (Lipinski definition) is 5. The third kappa shape index (κ3) is 3.62. The molecule has 0 bridgehead atoms. The van der Waals surface area contributed by atoms with Crippen molar-refractivity contribution in [3.8, 4) is 17.2 Å². The van der Waals surface area contributed by atoms with Crippen LogP contribution in [0.15, 0.2) is 22.6 Å². The molecule has 3 rings (SSSR count). The van der Waals surface area contributed by atoms with Crippen molar-refractivity contribution in [3.05, 3.63) is 35.2 Å². The predicted octanol–water partition coefficient (Wildman–Crippen LogP) is 3.58. The van der Waals surface area contributed by atoms with E-state index in [1.165, 1.54) is 0 Å².